The monoisotopic (exact) mass is 344 g/mol. The molecule has 1 unspecified atom stereocenters. The smallest absolute Gasteiger partial charge is 0.360 e. The fourth-order valence-corrected chi connectivity index (χ4v) is 2.29. The van der Waals surface area contributed by atoms with Crippen molar-refractivity contribution in [2.45, 2.75) is 25.8 Å². The van der Waals surface area contributed by atoms with Gasteiger partial charge in [-0.2, -0.15) is 5.10 Å². The van der Waals surface area contributed by atoms with E-state index in [-0.39, 0.29) is 29.5 Å². The Morgan fingerprint density at radius 3 is 2.77 bits per heavy atom. The van der Waals surface area contributed by atoms with E-state index in [1.807, 2.05) is 0 Å². The number of hydrogen-bond acceptors (Lipinski definition) is 6. The molecule has 0 aromatic heterocycles. The minimum absolute atomic E-state index is 0.0654. The number of ether oxygens (including phenoxy) is 2. The molecule has 1 aromatic carbocycles. The van der Waals surface area contributed by atoms with Crippen molar-refractivity contribution < 1.29 is 19.1 Å². The molecule has 1 aromatic rings. The van der Waals surface area contributed by atoms with Gasteiger partial charge in [0.2, 0.25) is 0 Å². The van der Waals surface area contributed by atoms with Crippen molar-refractivity contribution in [2.24, 2.45) is 5.10 Å². The number of benzene rings is 1. The predicted octanol–water partition coefficient (Wildman–Crippen LogP) is 2.57. The van der Waals surface area contributed by atoms with Crippen molar-refractivity contribution in [3.8, 4) is 5.75 Å². The molecule has 0 saturated heterocycles. The van der Waals surface area contributed by atoms with Gasteiger partial charge >= 0.3 is 11.9 Å². The molecule has 2 rings (SSSR count). The molecule has 1 heterocycles. The average Bonchev–Trinajstić information content (AvgIpc) is 2.86. The molecule has 1 atom stereocenters. The van der Waals surface area contributed by atoms with Crippen LogP contribution in [0.5, 0.6) is 5.75 Å². The van der Waals surface area contributed by atoms with Crippen LogP contribution in [0.3, 0.4) is 0 Å². The van der Waals surface area contributed by atoms with E-state index in [0.717, 1.165) is 0 Å². The van der Waals surface area contributed by atoms with Crippen molar-refractivity contribution in [1.82, 2.24) is 5.43 Å². The zero-order chi connectivity index (χ0) is 16.3. The zero-order valence-electron chi connectivity index (χ0n) is 12.0. The summed E-state index contributed by atoms with van der Waals surface area (Å²) in [6.45, 7) is 3.55. The van der Waals surface area contributed by atoms with Gasteiger partial charge in [-0.1, -0.05) is 23.2 Å². The third-order valence-electron chi connectivity index (χ3n) is 3.02. The molecular weight excluding hydrogens is 331 g/mol. The number of hydrogen-bond donors (Lipinski definition) is 1. The maximum atomic E-state index is 12.1. The summed E-state index contributed by atoms with van der Waals surface area (Å²) in [7, 11) is 0. The Balaban J connectivity index is 2.04. The van der Waals surface area contributed by atoms with Crippen molar-refractivity contribution in [1.29, 1.82) is 0 Å². The second-order valence-electron chi connectivity index (χ2n) is 4.86. The van der Waals surface area contributed by atoms with Crippen LogP contribution in [0.4, 0.5) is 0 Å². The number of halogens is 2. The average molecular weight is 345 g/mol. The fourth-order valence-electron chi connectivity index (χ4n) is 1.85. The Kier molecular flexibility index (Phi) is 4.93. The summed E-state index contributed by atoms with van der Waals surface area (Å²) >= 11 is 11.7. The first kappa shape index (κ1) is 16.6. The van der Waals surface area contributed by atoms with Gasteiger partial charge in [0.15, 0.2) is 5.54 Å². The second-order valence-corrected chi connectivity index (χ2v) is 5.71. The summed E-state index contributed by atoms with van der Waals surface area (Å²) in [5, 5.41) is 4.50. The highest BCUT2D eigenvalue weighted by Gasteiger charge is 2.42. The summed E-state index contributed by atoms with van der Waals surface area (Å²) in [4.78, 5) is 23.9. The Morgan fingerprint density at radius 1 is 1.41 bits per heavy atom. The van der Waals surface area contributed by atoms with Crippen LogP contribution in [0.25, 0.3) is 0 Å². The Bertz CT molecular complexity index is 648. The molecule has 0 spiro atoms. The van der Waals surface area contributed by atoms with Crippen LogP contribution >= 0.6 is 23.2 Å². The molecule has 1 aliphatic rings. The highest BCUT2D eigenvalue weighted by Crippen LogP contribution is 2.28. The quantitative estimate of drug-likeness (QED) is 0.670. The SMILES string of the molecule is CCOC(=O)C1(C)CC(C(=O)Oc2ccc(Cl)cc2Cl)=NN1. The van der Waals surface area contributed by atoms with E-state index in [1.165, 1.54) is 12.1 Å². The molecule has 0 fully saturated rings. The van der Waals surface area contributed by atoms with Gasteiger partial charge in [0.25, 0.3) is 0 Å². The lowest BCUT2D eigenvalue weighted by Crippen LogP contribution is -2.45. The van der Waals surface area contributed by atoms with Crippen LogP contribution in [-0.4, -0.2) is 29.8 Å². The molecule has 0 saturated carbocycles. The van der Waals surface area contributed by atoms with Crippen molar-refractivity contribution in [2.75, 3.05) is 6.61 Å². The number of carbonyl (C=O) groups is 2. The predicted molar refractivity (Wildman–Crippen MR) is 82.3 cm³/mol. The molecule has 118 valence electrons. The maximum absolute atomic E-state index is 12.1. The van der Waals surface area contributed by atoms with Crippen LogP contribution in [0.1, 0.15) is 20.3 Å². The highest BCUT2D eigenvalue weighted by molar-refractivity contribution is 6.39. The van der Waals surface area contributed by atoms with E-state index >= 15 is 0 Å². The summed E-state index contributed by atoms with van der Waals surface area (Å²) in [6, 6.07) is 4.49. The minimum atomic E-state index is -1.08. The van der Waals surface area contributed by atoms with Crippen molar-refractivity contribution >= 4 is 40.9 Å². The van der Waals surface area contributed by atoms with E-state index in [0.29, 0.717) is 5.02 Å². The first-order valence-corrected chi connectivity index (χ1v) is 7.29. The summed E-state index contributed by atoms with van der Waals surface area (Å²) in [5.41, 5.74) is 1.63. The van der Waals surface area contributed by atoms with Crippen molar-refractivity contribution in [3.63, 3.8) is 0 Å². The van der Waals surface area contributed by atoms with Gasteiger partial charge in [0, 0.05) is 11.4 Å². The molecule has 0 aliphatic carbocycles. The van der Waals surface area contributed by atoms with E-state index < -0.39 is 17.5 Å². The van der Waals surface area contributed by atoms with Gasteiger partial charge in [-0.3, -0.25) is 5.43 Å². The zero-order valence-corrected chi connectivity index (χ0v) is 13.5. The van der Waals surface area contributed by atoms with Gasteiger partial charge in [0.05, 0.1) is 11.6 Å². The summed E-state index contributed by atoms with van der Waals surface area (Å²) < 4.78 is 10.1. The van der Waals surface area contributed by atoms with Crippen LogP contribution in [0.2, 0.25) is 10.0 Å². The molecular formula is C14H14Cl2N2O4. The van der Waals surface area contributed by atoms with Gasteiger partial charge in [-0.25, -0.2) is 9.59 Å². The molecule has 1 aliphatic heterocycles. The second kappa shape index (κ2) is 6.54. The number of rotatable bonds is 4. The third-order valence-corrected chi connectivity index (χ3v) is 3.55. The van der Waals surface area contributed by atoms with E-state index in [2.05, 4.69) is 10.5 Å². The van der Waals surface area contributed by atoms with Gasteiger partial charge in [0.1, 0.15) is 11.5 Å². The Hall–Kier alpha value is -1.79. The van der Waals surface area contributed by atoms with Gasteiger partial charge in [-0.05, 0) is 32.0 Å². The molecule has 0 radical (unpaired) electrons. The third kappa shape index (κ3) is 3.51. The standard InChI is InChI=1S/C14H14Cl2N2O4/c1-3-21-13(20)14(2)7-10(17-18-14)12(19)22-11-5-4-8(15)6-9(11)16/h4-6,18H,3,7H2,1-2H3. The number of carbonyl (C=O) groups excluding carboxylic acids is 2. The Morgan fingerprint density at radius 2 is 2.14 bits per heavy atom. The van der Waals surface area contributed by atoms with Gasteiger partial charge < -0.3 is 9.47 Å². The normalized spacial score (nSPS) is 20.1. The number of hydrazone groups is 1. The molecule has 0 bridgehead atoms. The lowest BCUT2D eigenvalue weighted by Gasteiger charge is -2.20. The number of esters is 2. The molecule has 1 N–H and O–H groups in total. The highest BCUT2D eigenvalue weighted by atomic mass is 35.5. The topological polar surface area (TPSA) is 77.0 Å². The lowest BCUT2D eigenvalue weighted by atomic mass is 9.97. The van der Waals surface area contributed by atoms with Crippen LogP contribution in [-0.2, 0) is 14.3 Å². The van der Waals surface area contributed by atoms with E-state index in [9.17, 15) is 9.59 Å². The molecule has 8 heteroatoms. The Labute approximate surface area is 137 Å². The largest absolute Gasteiger partial charge is 0.464 e. The first-order valence-electron chi connectivity index (χ1n) is 6.54. The van der Waals surface area contributed by atoms with Crippen LogP contribution < -0.4 is 10.2 Å². The van der Waals surface area contributed by atoms with E-state index in [4.69, 9.17) is 32.7 Å². The van der Waals surface area contributed by atoms with Crippen molar-refractivity contribution in [3.05, 3.63) is 28.2 Å². The van der Waals surface area contributed by atoms with Gasteiger partial charge in [-0.15, -0.1) is 0 Å². The molecule has 0 amide bonds. The maximum Gasteiger partial charge on any atom is 0.360 e. The van der Waals surface area contributed by atoms with Crippen LogP contribution in [0.15, 0.2) is 23.3 Å². The minimum Gasteiger partial charge on any atom is -0.464 e. The summed E-state index contributed by atoms with van der Waals surface area (Å²) in [5.74, 6) is -1.00. The first-order chi connectivity index (χ1) is 10.4. The molecule has 6 nitrogen and oxygen atoms in total. The van der Waals surface area contributed by atoms with E-state index in [1.54, 1.807) is 19.9 Å². The number of nitrogens with zero attached hydrogens (tertiary/aromatic N) is 1. The summed E-state index contributed by atoms with van der Waals surface area (Å²) in [6.07, 6.45) is 0.0654. The fraction of sp³-hybridized carbons (Fsp3) is 0.357. The number of nitrogens with one attached hydrogen (secondary N) is 1. The van der Waals surface area contributed by atoms with Crippen LogP contribution in [0, 0.1) is 0 Å². The molecule has 22 heavy (non-hydrogen) atoms. The lowest BCUT2D eigenvalue weighted by molar-refractivity contribution is -0.149.